The number of rotatable bonds is 6. The van der Waals surface area contributed by atoms with Gasteiger partial charge in [0.05, 0.1) is 0 Å². The third-order valence-corrected chi connectivity index (χ3v) is 2.56. The Morgan fingerprint density at radius 3 is 2.93 bits per heavy atom. The number of hydrogen-bond donors (Lipinski definition) is 1. The van der Waals surface area contributed by atoms with E-state index in [2.05, 4.69) is 16.6 Å². The largest absolute Gasteiger partial charge is 0.356 e. The van der Waals surface area contributed by atoms with Crippen molar-refractivity contribution in [3.8, 4) is 0 Å². The highest BCUT2D eigenvalue weighted by Crippen LogP contribution is 2.07. The van der Waals surface area contributed by atoms with Crippen LogP contribution in [0.3, 0.4) is 0 Å². The van der Waals surface area contributed by atoms with E-state index in [9.17, 15) is 4.79 Å². The maximum atomic E-state index is 10.6. The molecule has 1 saturated heterocycles. The first-order valence-electron chi connectivity index (χ1n) is 5.57. The summed E-state index contributed by atoms with van der Waals surface area (Å²) < 4.78 is 0. The van der Waals surface area contributed by atoms with Gasteiger partial charge in [-0.05, 0) is 38.8 Å². The van der Waals surface area contributed by atoms with Crippen molar-refractivity contribution in [1.29, 1.82) is 0 Å². The summed E-state index contributed by atoms with van der Waals surface area (Å²) in [5.41, 5.74) is 0. The molecule has 0 aromatic carbocycles. The predicted molar refractivity (Wildman–Crippen MR) is 57.9 cm³/mol. The molecular formula is C11H21N2O. The average molecular weight is 197 g/mol. The van der Waals surface area contributed by atoms with Gasteiger partial charge in [0.15, 0.2) is 0 Å². The summed E-state index contributed by atoms with van der Waals surface area (Å²) in [4.78, 5) is 13.0. The summed E-state index contributed by atoms with van der Waals surface area (Å²) in [5, 5.41) is 2.82. The van der Waals surface area contributed by atoms with E-state index in [1.165, 1.54) is 38.9 Å². The van der Waals surface area contributed by atoms with Crippen LogP contribution in [-0.4, -0.2) is 37.0 Å². The van der Waals surface area contributed by atoms with Crippen LogP contribution in [-0.2, 0) is 4.79 Å². The Bertz CT molecular complexity index is 165. The van der Waals surface area contributed by atoms with Gasteiger partial charge in [-0.1, -0.05) is 6.42 Å². The van der Waals surface area contributed by atoms with E-state index in [0.717, 1.165) is 13.0 Å². The molecule has 0 saturated carbocycles. The molecule has 1 radical (unpaired) electrons. The Morgan fingerprint density at radius 2 is 2.29 bits per heavy atom. The molecule has 1 amide bonds. The van der Waals surface area contributed by atoms with Crippen LogP contribution < -0.4 is 5.32 Å². The number of nitrogens with one attached hydrogen (secondary N) is 1. The second kappa shape index (κ2) is 6.82. The Balaban J connectivity index is 1.82. The smallest absolute Gasteiger partial charge is 0.216 e. The molecule has 3 heteroatoms. The van der Waals surface area contributed by atoms with Crippen LogP contribution in [0.15, 0.2) is 0 Å². The molecule has 81 valence electrons. The van der Waals surface area contributed by atoms with E-state index in [4.69, 9.17) is 0 Å². The fourth-order valence-corrected chi connectivity index (χ4v) is 1.74. The van der Waals surface area contributed by atoms with Crippen LogP contribution in [0.4, 0.5) is 0 Å². The zero-order valence-corrected chi connectivity index (χ0v) is 9.09. The zero-order chi connectivity index (χ0) is 10.2. The molecule has 0 aliphatic carbocycles. The predicted octanol–water partition coefficient (Wildman–Crippen LogP) is 1.20. The van der Waals surface area contributed by atoms with Crippen LogP contribution >= 0.6 is 0 Å². The molecule has 0 spiro atoms. The number of carbonyl (C=O) groups excluding carboxylic acids is 1. The number of carbonyl (C=O) groups is 1. The van der Waals surface area contributed by atoms with E-state index < -0.39 is 0 Å². The van der Waals surface area contributed by atoms with Crippen molar-refractivity contribution < 1.29 is 4.79 Å². The Hall–Kier alpha value is -0.570. The third-order valence-electron chi connectivity index (χ3n) is 2.56. The molecule has 0 unspecified atom stereocenters. The van der Waals surface area contributed by atoms with Crippen LogP contribution in [0.25, 0.3) is 0 Å². The first-order chi connectivity index (χ1) is 6.79. The highest BCUT2D eigenvalue weighted by Gasteiger charge is 2.09. The molecule has 1 rings (SSSR count). The summed E-state index contributed by atoms with van der Waals surface area (Å²) in [7, 11) is 0. The second-order valence-electron chi connectivity index (χ2n) is 3.92. The zero-order valence-electron chi connectivity index (χ0n) is 9.09. The molecule has 0 aromatic heterocycles. The van der Waals surface area contributed by atoms with Gasteiger partial charge in [-0.15, -0.1) is 0 Å². The monoisotopic (exact) mass is 197 g/mol. The van der Waals surface area contributed by atoms with Crippen molar-refractivity contribution in [3.05, 3.63) is 6.42 Å². The van der Waals surface area contributed by atoms with Gasteiger partial charge in [0, 0.05) is 20.0 Å². The molecular weight excluding hydrogens is 176 g/mol. The van der Waals surface area contributed by atoms with Crippen LogP contribution in [0, 0.1) is 6.42 Å². The number of likely N-dealkylation sites (tertiary alicyclic amines) is 1. The first-order valence-corrected chi connectivity index (χ1v) is 5.57. The summed E-state index contributed by atoms with van der Waals surface area (Å²) in [6.07, 6.45) is 7.19. The Kier molecular flexibility index (Phi) is 5.60. The molecule has 0 aromatic rings. The Labute approximate surface area is 86.9 Å². The third kappa shape index (κ3) is 5.22. The number of unbranched alkanes of at least 4 members (excludes halogenated alkanes) is 2. The van der Waals surface area contributed by atoms with E-state index in [1.807, 2.05) is 0 Å². The highest BCUT2D eigenvalue weighted by atomic mass is 16.1. The standard InChI is InChI=1S/C11H21N2O/c1-11(14)12-7-3-2-4-8-13-9-5-6-10-13/h5H,2-4,6-10H2,1H3,(H,12,14). The average Bonchev–Trinajstić information content (AvgIpc) is 2.63. The molecule has 1 heterocycles. The number of hydrogen-bond acceptors (Lipinski definition) is 2. The SMILES string of the molecule is CC(=O)NCCCCCN1C[CH]CC1. The van der Waals surface area contributed by atoms with Crippen molar-refractivity contribution in [3.63, 3.8) is 0 Å². The second-order valence-corrected chi connectivity index (χ2v) is 3.92. The topological polar surface area (TPSA) is 32.3 Å². The fourth-order valence-electron chi connectivity index (χ4n) is 1.74. The Morgan fingerprint density at radius 1 is 1.43 bits per heavy atom. The van der Waals surface area contributed by atoms with Crippen molar-refractivity contribution in [2.75, 3.05) is 26.2 Å². The number of amides is 1. The lowest BCUT2D eigenvalue weighted by molar-refractivity contribution is -0.118. The maximum absolute atomic E-state index is 10.6. The van der Waals surface area contributed by atoms with Gasteiger partial charge in [0.25, 0.3) is 0 Å². The maximum Gasteiger partial charge on any atom is 0.216 e. The highest BCUT2D eigenvalue weighted by molar-refractivity contribution is 5.72. The van der Waals surface area contributed by atoms with Gasteiger partial charge in [0.1, 0.15) is 0 Å². The summed E-state index contributed by atoms with van der Waals surface area (Å²) in [6, 6.07) is 0. The molecule has 1 fully saturated rings. The van der Waals surface area contributed by atoms with Crippen molar-refractivity contribution in [1.82, 2.24) is 10.2 Å². The minimum absolute atomic E-state index is 0.0825. The van der Waals surface area contributed by atoms with E-state index in [-0.39, 0.29) is 5.91 Å². The van der Waals surface area contributed by atoms with E-state index in [1.54, 1.807) is 6.92 Å². The molecule has 0 bridgehead atoms. The van der Waals surface area contributed by atoms with E-state index >= 15 is 0 Å². The van der Waals surface area contributed by atoms with Crippen LogP contribution in [0.1, 0.15) is 32.6 Å². The van der Waals surface area contributed by atoms with Gasteiger partial charge >= 0.3 is 0 Å². The summed E-state index contributed by atoms with van der Waals surface area (Å²) in [5.74, 6) is 0.0825. The summed E-state index contributed by atoms with van der Waals surface area (Å²) in [6.45, 7) is 6.04. The number of nitrogens with zero attached hydrogens (tertiary/aromatic N) is 1. The first kappa shape index (κ1) is 11.5. The van der Waals surface area contributed by atoms with Crippen molar-refractivity contribution in [2.45, 2.75) is 32.6 Å². The van der Waals surface area contributed by atoms with Crippen molar-refractivity contribution >= 4 is 5.91 Å². The molecule has 14 heavy (non-hydrogen) atoms. The minimum Gasteiger partial charge on any atom is -0.356 e. The van der Waals surface area contributed by atoms with E-state index in [0.29, 0.717) is 0 Å². The molecule has 1 N–H and O–H groups in total. The quantitative estimate of drug-likeness (QED) is 0.649. The fraction of sp³-hybridized carbons (Fsp3) is 0.818. The van der Waals surface area contributed by atoms with Gasteiger partial charge in [-0.25, -0.2) is 0 Å². The van der Waals surface area contributed by atoms with Crippen LogP contribution in [0.2, 0.25) is 0 Å². The van der Waals surface area contributed by atoms with Gasteiger partial charge in [-0.3, -0.25) is 4.79 Å². The molecule has 3 nitrogen and oxygen atoms in total. The van der Waals surface area contributed by atoms with Gasteiger partial charge in [0.2, 0.25) is 5.91 Å². The van der Waals surface area contributed by atoms with Gasteiger partial charge in [-0.2, -0.15) is 0 Å². The lowest BCUT2D eigenvalue weighted by Crippen LogP contribution is -2.22. The molecule has 1 aliphatic heterocycles. The van der Waals surface area contributed by atoms with Gasteiger partial charge < -0.3 is 10.2 Å². The molecule has 1 aliphatic rings. The summed E-state index contributed by atoms with van der Waals surface area (Å²) >= 11 is 0. The molecule has 0 atom stereocenters. The van der Waals surface area contributed by atoms with Crippen molar-refractivity contribution in [2.24, 2.45) is 0 Å². The van der Waals surface area contributed by atoms with Crippen LogP contribution in [0.5, 0.6) is 0 Å². The minimum atomic E-state index is 0.0825. The lowest BCUT2D eigenvalue weighted by atomic mass is 10.2. The normalized spacial score (nSPS) is 17.2. The lowest BCUT2D eigenvalue weighted by Gasteiger charge is -2.13.